The van der Waals surface area contributed by atoms with Gasteiger partial charge in [0.15, 0.2) is 0 Å². The van der Waals surface area contributed by atoms with Crippen LogP contribution in [0.3, 0.4) is 0 Å². The van der Waals surface area contributed by atoms with E-state index in [-0.39, 0.29) is 47.9 Å². The number of carbonyl (C=O) groups is 2. The fourth-order valence-electron chi connectivity index (χ4n) is 4.05. The maximum atomic E-state index is 12.5. The largest absolute Gasteiger partial charge is 0.396 e. The molecule has 0 unspecified atom stereocenters. The molecule has 1 aliphatic carbocycles. The molecule has 6 heteroatoms. The number of rotatable bonds is 6. The standard InChI is InChI=1S/C24H39N3O3/c1-23(2,3)18-9-7-8-16(12-18)22(30)25-14-21(29)26-20-11-10-19(13-17(20)15-28)27-24(4,5)6/h7-9,12,17,19-20,27-28H,10-11,13-15H2,1-6H3,(H,25,30)(H,26,29)/t17-,19-,20+/m1/s1. The summed E-state index contributed by atoms with van der Waals surface area (Å²) in [5.41, 5.74) is 1.60. The van der Waals surface area contributed by atoms with Gasteiger partial charge in [-0.05, 0) is 63.1 Å². The van der Waals surface area contributed by atoms with Crippen LogP contribution < -0.4 is 16.0 Å². The van der Waals surface area contributed by atoms with Crippen molar-refractivity contribution in [1.82, 2.24) is 16.0 Å². The first-order valence-corrected chi connectivity index (χ1v) is 11.0. The monoisotopic (exact) mass is 417 g/mol. The van der Waals surface area contributed by atoms with Crippen molar-refractivity contribution in [2.24, 2.45) is 5.92 Å². The zero-order valence-corrected chi connectivity index (χ0v) is 19.3. The van der Waals surface area contributed by atoms with E-state index in [2.05, 4.69) is 57.5 Å². The second kappa shape index (κ2) is 9.92. The van der Waals surface area contributed by atoms with Gasteiger partial charge in [0, 0.05) is 35.7 Å². The smallest absolute Gasteiger partial charge is 0.251 e. The zero-order valence-electron chi connectivity index (χ0n) is 19.3. The van der Waals surface area contributed by atoms with Gasteiger partial charge in [-0.1, -0.05) is 32.9 Å². The van der Waals surface area contributed by atoms with Crippen LogP contribution in [0.15, 0.2) is 24.3 Å². The van der Waals surface area contributed by atoms with Gasteiger partial charge in [0.1, 0.15) is 0 Å². The summed E-state index contributed by atoms with van der Waals surface area (Å²) in [7, 11) is 0. The fourth-order valence-corrected chi connectivity index (χ4v) is 4.05. The molecule has 30 heavy (non-hydrogen) atoms. The van der Waals surface area contributed by atoms with Gasteiger partial charge in [0.25, 0.3) is 5.91 Å². The van der Waals surface area contributed by atoms with Crippen molar-refractivity contribution in [2.75, 3.05) is 13.2 Å². The van der Waals surface area contributed by atoms with E-state index >= 15 is 0 Å². The number of benzene rings is 1. The van der Waals surface area contributed by atoms with Crippen LogP contribution in [0.5, 0.6) is 0 Å². The zero-order chi connectivity index (χ0) is 22.5. The Labute approximate surface area is 181 Å². The van der Waals surface area contributed by atoms with E-state index in [1.807, 2.05) is 18.2 Å². The Balaban J connectivity index is 1.86. The second-order valence-corrected chi connectivity index (χ2v) is 10.5. The number of aliphatic hydroxyl groups excluding tert-OH is 1. The van der Waals surface area contributed by atoms with Gasteiger partial charge in [0.05, 0.1) is 6.54 Å². The lowest BCUT2D eigenvalue weighted by Crippen LogP contribution is -2.53. The third-order valence-corrected chi connectivity index (χ3v) is 5.60. The summed E-state index contributed by atoms with van der Waals surface area (Å²) in [6, 6.07) is 7.77. The van der Waals surface area contributed by atoms with E-state index in [0.717, 1.165) is 24.8 Å². The van der Waals surface area contributed by atoms with Crippen LogP contribution in [-0.2, 0) is 10.2 Å². The Morgan fingerprint density at radius 3 is 2.40 bits per heavy atom. The van der Waals surface area contributed by atoms with E-state index in [1.54, 1.807) is 6.07 Å². The molecule has 4 N–H and O–H groups in total. The van der Waals surface area contributed by atoms with Crippen LogP contribution in [0.4, 0.5) is 0 Å². The van der Waals surface area contributed by atoms with Gasteiger partial charge >= 0.3 is 0 Å². The summed E-state index contributed by atoms with van der Waals surface area (Å²) >= 11 is 0. The van der Waals surface area contributed by atoms with Gasteiger partial charge in [-0.2, -0.15) is 0 Å². The van der Waals surface area contributed by atoms with Crippen molar-refractivity contribution >= 4 is 11.8 Å². The van der Waals surface area contributed by atoms with E-state index in [4.69, 9.17) is 0 Å². The van der Waals surface area contributed by atoms with Crippen LogP contribution >= 0.6 is 0 Å². The Morgan fingerprint density at radius 1 is 1.10 bits per heavy atom. The molecule has 0 spiro atoms. The summed E-state index contributed by atoms with van der Waals surface area (Å²) in [5, 5.41) is 19.1. The molecule has 6 nitrogen and oxygen atoms in total. The summed E-state index contributed by atoms with van der Waals surface area (Å²) < 4.78 is 0. The lowest BCUT2D eigenvalue weighted by Gasteiger charge is -2.39. The Hall–Kier alpha value is -1.92. The molecule has 1 aromatic carbocycles. The van der Waals surface area contributed by atoms with Gasteiger partial charge in [0.2, 0.25) is 5.91 Å². The molecule has 2 rings (SSSR count). The van der Waals surface area contributed by atoms with Crippen LogP contribution in [-0.4, -0.2) is 47.7 Å². The highest BCUT2D eigenvalue weighted by Crippen LogP contribution is 2.26. The first kappa shape index (κ1) is 24.4. The van der Waals surface area contributed by atoms with Crippen LogP contribution in [0.2, 0.25) is 0 Å². The van der Waals surface area contributed by atoms with Gasteiger partial charge in [-0.25, -0.2) is 0 Å². The molecule has 0 bridgehead atoms. The Bertz CT molecular complexity index is 734. The second-order valence-electron chi connectivity index (χ2n) is 10.5. The van der Waals surface area contributed by atoms with Gasteiger partial charge in [-0.3, -0.25) is 9.59 Å². The predicted molar refractivity (Wildman–Crippen MR) is 121 cm³/mol. The van der Waals surface area contributed by atoms with Crippen molar-refractivity contribution in [3.8, 4) is 0 Å². The molecule has 168 valence electrons. The first-order chi connectivity index (χ1) is 13.9. The highest BCUT2D eigenvalue weighted by atomic mass is 16.3. The topological polar surface area (TPSA) is 90.5 Å². The molecule has 2 amide bonds. The lowest BCUT2D eigenvalue weighted by atomic mass is 9.81. The van der Waals surface area contributed by atoms with Crippen molar-refractivity contribution < 1.29 is 14.7 Å². The van der Waals surface area contributed by atoms with Gasteiger partial charge < -0.3 is 21.1 Å². The minimum atomic E-state index is -0.256. The molecule has 1 aliphatic rings. The Morgan fingerprint density at radius 2 is 1.80 bits per heavy atom. The van der Waals surface area contributed by atoms with Crippen LogP contribution in [0.1, 0.15) is 76.7 Å². The minimum absolute atomic E-state index is 0.0155. The molecule has 0 heterocycles. The van der Waals surface area contributed by atoms with Crippen molar-refractivity contribution in [1.29, 1.82) is 0 Å². The quantitative estimate of drug-likeness (QED) is 0.573. The van der Waals surface area contributed by atoms with Crippen molar-refractivity contribution in [3.05, 3.63) is 35.4 Å². The molecule has 1 saturated carbocycles. The average Bonchev–Trinajstić information content (AvgIpc) is 2.65. The summed E-state index contributed by atoms with van der Waals surface area (Å²) in [6.45, 7) is 12.7. The molecule has 0 aromatic heterocycles. The van der Waals surface area contributed by atoms with E-state index in [1.165, 1.54) is 0 Å². The van der Waals surface area contributed by atoms with E-state index in [0.29, 0.717) is 11.6 Å². The van der Waals surface area contributed by atoms with E-state index < -0.39 is 0 Å². The third kappa shape index (κ3) is 7.40. The molecular weight excluding hydrogens is 378 g/mol. The maximum absolute atomic E-state index is 12.5. The van der Waals surface area contributed by atoms with Crippen LogP contribution in [0, 0.1) is 5.92 Å². The van der Waals surface area contributed by atoms with Crippen LogP contribution in [0.25, 0.3) is 0 Å². The van der Waals surface area contributed by atoms with Gasteiger partial charge in [-0.15, -0.1) is 0 Å². The maximum Gasteiger partial charge on any atom is 0.251 e. The fraction of sp³-hybridized carbons (Fsp3) is 0.667. The number of hydrogen-bond donors (Lipinski definition) is 4. The third-order valence-electron chi connectivity index (χ3n) is 5.60. The number of nitrogens with one attached hydrogen (secondary N) is 3. The van der Waals surface area contributed by atoms with Crippen molar-refractivity contribution in [2.45, 2.75) is 83.8 Å². The molecule has 0 radical (unpaired) electrons. The van der Waals surface area contributed by atoms with E-state index in [9.17, 15) is 14.7 Å². The predicted octanol–water partition coefficient (Wildman–Crippen LogP) is 2.75. The average molecular weight is 418 g/mol. The molecule has 1 aromatic rings. The molecule has 0 saturated heterocycles. The summed E-state index contributed by atoms with van der Waals surface area (Å²) in [5.74, 6) is -0.462. The highest BCUT2D eigenvalue weighted by molar-refractivity contribution is 5.96. The summed E-state index contributed by atoms with van der Waals surface area (Å²) in [6.07, 6.45) is 2.58. The minimum Gasteiger partial charge on any atom is -0.396 e. The molecule has 3 atom stereocenters. The lowest BCUT2D eigenvalue weighted by molar-refractivity contribution is -0.121. The molecule has 0 aliphatic heterocycles. The Kier molecular flexibility index (Phi) is 8.06. The number of amides is 2. The highest BCUT2D eigenvalue weighted by Gasteiger charge is 2.32. The number of hydrogen-bond acceptors (Lipinski definition) is 4. The SMILES string of the molecule is CC(C)(C)N[C@@H]1CC[C@H](NC(=O)CNC(=O)c2cccc(C(C)(C)C)c2)[C@@H](CO)C1. The first-order valence-electron chi connectivity index (χ1n) is 11.0. The summed E-state index contributed by atoms with van der Waals surface area (Å²) in [4.78, 5) is 24.9. The normalized spacial score (nSPS) is 22.4. The molecular formula is C24H39N3O3. The number of aliphatic hydroxyl groups is 1. The molecule has 1 fully saturated rings. The van der Waals surface area contributed by atoms with Crippen molar-refractivity contribution in [3.63, 3.8) is 0 Å². The number of carbonyl (C=O) groups excluding carboxylic acids is 2.